The standard InChI is InChI=1S/C19H20/c1-15-12-18(16-8-4-2-5-9-16)14-19(13-15)17-10-6-3-7-11-17/h2-10,12,14,17,19H,11,13H2,1H3. The van der Waals surface area contributed by atoms with Crippen LogP contribution in [0.4, 0.5) is 0 Å². The van der Waals surface area contributed by atoms with Crippen molar-refractivity contribution in [2.24, 2.45) is 11.8 Å². The average molecular weight is 248 g/mol. The van der Waals surface area contributed by atoms with E-state index in [1.807, 2.05) is 0 Å². The summed E-state index contributed by atoms with van der Waals surface area (Å²) in [7, 11) is 0. The van der Waals surface area contributed by atoms with Crippen LogP contribution in [0.1, 0.15) is 25.3 Å². The molecule has 19 heavy (non-hydrogen) atoms. The summed E-state index contributed by atoms with van der Waals surface area (Å²) in [5.74, 6) is 1.30. The molecule has 0 fully saturated rings. The van der Waals surface area contributed by atoms with Gasteiger partial charge in [0, 0.05) is 0 Å². The first kappa shape index (κ1) is 12.2. The zero-order valence-corrected chi connectivity index (χ0v) is 11.4. The highest BCUT2D eigenvalue weighted by Crippen LogP contribution is 2.35. The smallest absolute Gasteiger partial charge is 0.0121 e. The molecule has 0 N–H and O–H groups in total. The summed E-state index contributed by atoms with van der Waals surface area (Å²) in [5.41, 5.74) is 4.22. The largest absolute Gasteiger partial charge is 0.0839 e. The van der Waals surface area contributed by atoms with Crippen LogP contribution in [0.5, 0.6) is 0 Å². The normalized spacial score (nSPS) is 25.9. The minimum absolute atomic E-state index is 0.640. The molecule has 0 heterocycles. The summed E-state index contributed by atoms with van der Waals surface area (Å²) < 4.78 is 0. The third-order valence-electron chi connectivity index (χ3n) is 4.02. The molecule has 0 spiro atoms. The van der Waals surface area contributed by atoms with Gasteiger partial charge in [0.1, 0.15) is 0 Å². The van der Waals surface area contributed by atoms with Crippen LogP contribution < -0.4 is 0 Å². The molecule has 1 aromatic rings. The van der Waals surface area contributed by atoms with Crippen LogP contribution in [0.15, 0.2) is 72.4 Å². The molecule has 0 saturated heterocycles. The number of hydrogen-bond acceptors (Lipinski definition) is 0. The van der Waals surface area contributed by atoms with E-state index in [9.17, 15) is 0 Å². The Balaban J connectivity index is 1.89. The van der Waals surface area contributed by atoms with E-state index in [-0.39, 0.29) is 0 Å². The molecule has 3 rings (SSSR count). The fourth-order valence-electron chi connectivity index (χ4n) is 3.04. The maximum atomic E-state index is 2.47. The van der Waals surface area contributed by atoms with Gasteiger partial charge >= 0.3 is 0 Å². The fraction of sp³-hybridized carbons (Fsp3) is 0.263. The summed E-state index contributed by atoms with van der Waals surface area (Å²) in [6.07, 6.45) is 16.2. The van der Waals surface area contributed by atoms with Gasteiger partial charge in [-0.05, 0) is 42.7 Å². The molecule has 0 nitrogen and oxygen atoms in total. The summed E-state index contributed by atoms with van der Waals surface area (Å²) in [5, 5.41) is 0. The van der Waals surface area contributed by atoms with Gasteiger partial charge in [0.2, 0.25) is 0 Å². The lowest BCUT2D eigenvalue weighted by Gasteiger charge is -2.27. The average Bonchev–Trinajstić information content (AvgIpc) is 2.48. The first-order valence-corrected chi connectivity index (χ1v) is 7.11. The molecular formula is C19H20. The lowest BCUT2D eigenvalue weighted by Crippen LogP contribution is -2.14. The van der Waals surface area contributed by atoms with E-state index in [0.717, 1.165) is 0 Å². The topological polar surface area (TPSA) is 0 Å². The molecule has 0 saturated carbocycles. The fourth-order valence-corrected chi connectivity index (χ4v) is 3.04. The van der Waals surface area contributed by atoms with Gasteiger partial charge in [-0.3, -0.25) is 0 Å². The van der Waals surface area contributed by atoms with E-state index >= 15 is 0 Å². The number of hydrogen-bond donors (Lipinski definition) is 0. The van der Waals surface area contributed by atoms with E-state index < -0.39 is 0 Å². The van der Waals surface area contributed by atoms with Crippen molar-refractivity contribution in [2.45, 2.75) is 19.8 Å². The third-order valence-corrected chi connectivity index (χ3v) is 4.02. The van der Waals surface area contributed by atoms with Gasteiger partial charge in [0.05, 0.1) is 0 Å². The van der Waals surface area contributed by atoms with Gasteiger partial charge in [-0.15, -0.1) is 0 Å². The molecule has 96 valence electrons. The molecule has 0 heteroatoms. The Bertz CT molecular complexity index is 555. The molecular weight excluding hydrogens is 228 g/mol. The molecule has 2 aliphatic carbocycles. The molecule has 2 aliphatic rings. The molecule has 0 radical (unpaired) electrons. The van der Waals surface area contributed by atoms with E-state index in [0.29, 0.717) is 11.8 Å². The Morgan fingerprint density at radius 2 is 1.84 bits per heavy atom. The van der Waals surface area contributed by atoms with Gasteiger partial charge in [-0.2, -0.15) is 0 Å². The Kier molecular flexibility index (Phi) is 3.50. The van der Waals surface area contributed by atoms with Gasteiger partial charge in [-0.1, -0.05) is 72.4 Å². The monoisotopic (exact) mass is 248 g/mol. The SMILES string of the molecule is CC1=CC(c2ccccc2)=CC(C2C=CC=CC2)C1. The van der Waals surface area contributed by atoms with Crippen molar-refractivity contribution in [2.75, 3.05) is 0 Å². The Labute approximate surface area is 115 Å². The van der Waals surface area contributed by atoms with Gasteiger partial charge < -0.3 is 0 Å². The summed E-state index contributed by atoms with van der Waals surface area (Å²) in [6, 6.07) is 10.7. The van der Waals surface area contributed by atoms with Crippen molar-refractivity contribution in [1.29, 1.82) is 0 Å². The maximum absolute atomic E-state index is 2.47. The van der Waals surface area contributed by atoms with Crippen LogP contribution in [0.3, 0.4) is 0 Å². The molecule has 0 aromatic heterocycles. The second-order valence-corrected chi connectivity index (χ2v) is 5.56. The number of allylic oxidation sites excluding steroid dienone is 8. The summed E-state index contributed by atoms with van der Waals surface area (Å²) in [4.78, 5) is 0. The molecule has 2 unspecified atom stereocenters. The van der Waals surface area contributed by atoms with Crippen molar-refractivity contribution < 1.29 is 0 Å². The van der Waals surface area contributed by atoms with Crippen molar-refractivity contribution >= 4 is 5.57 Å². The highest BCUT2D eigenvalue weighted by Gasteiger charge is 2.21. The minimum atomic E-state index is 0.640. The molecule has 0 bridgehead atoms. The second kappa shape index (κ2) is 5.44. The Morgan fingerprint density at radius 3 is 2.58 bits per heavy atom. The van der Waals surface area contributed by atoms with Crippen LogP contribution in [-0.4, -0.2) is 0 Å². The van der Waals surface area contributed by atoms with E-state index in [4.69, 9.17) is 0 Å². The first-order chi connectivity index (χ1) is 9.33. The van der Waals surface area contributed by atoms with Crippen LogP contribution in [0.2, 0.25) is 0 Å². The predicted molar refractivity (Wildman–Crippen MR) is 82.7 cm³/mol. The van der Waals surface area contributed by atoms with Crippen molar-refractivity contribution in [3.63, 3.8) is 0 Å². The van der Waals surface area contributed by atoms with Crippen LogP contribution in [-0.2, 0) is 0 Å². The quantitative estimate of drug-likeness (QED) is 0.677. The molecule has 0 aliphatic heterocycles. The third kappa shape index (κ3) is 2.78. The lowest BCUT2D eigenvalue weighted by atomic mass is 9.78. The molecule has 0 amide bonds. The zero-order chi connectivity index (χ0) is 13.1. The lowest BCUT2D eigenvalue weighted by molar-refractivity contribution is 0.470. The summed E-state index contributed by atoms with van der Waals surface area (Å²) in [6.45, 7) is 2.26. The minimum Gasteiger partial charge on any atom is -0.0839 e. The number of benzene rings is 1. The number of rotatable bonds is 2. The van der Waals surface area contributed by atoms with Crippen molar-refractivity contribution in [3.8, 4) is 0 Å². The first-order valence-electron chi connectivity index (χ1n) is 7.11. The molecule has 2 atom stereocenters. The highest BCUT2D eigenvalue weighted by molar-refractivity contribution is 5.75. The Hall–Kier alpha value is -1.82. The van der Waals surface area contributed by atoms with Crippen LogP contribution in [0.25, 0.3) is 5.57 Å². The second-order valence-electron chi connectivity index (χ2n) is 5.56. The van der Waals surface area contributed by atoms with Crippen molar-refractivity contribution in [1.82, 2.24) is 0 Å². The maximum Gasteiger partial charge on any atom is -0.0121 e. The Morgan fingerprint density at radius 1 is 1.00 bits per heavy atom. The van der Waals surface area contributed by atoms with E-state index in [1.54, 1.807) is 0 Å². The predicted octanol–water partition coefficient (Wildman–Crippen LogP) is 5.17. The highest BCUT2D eigenvalue weighted by atomic mass is 14.3. The van der Waals surface area contributed by atoms with Gasteiger partial charge in [0.25, 0.3) is 0 Å². The summed E-state index contributed by atoms with van der Waals surface area (Å²) >= 11 is 0. The van der Waals surface area contributed by atoms with Crippen LogP contribution in [0, 0.1) is 11.8 Å². The van der Waals surface area contributed by atoms with E-state index in [1.165, 1.54) is 29.6 Å². The zero-order valence-electron chi connectivity index (χ0n) is 11.4. The van der Waals surface area contributed by atoms with Gasteiger partial charge in [0.15, 0.2) is 0 Å². The van der Waals surface area contributed by atoms with Crippen LogP contribution >= 0.6 is 0 Å². The van der Waals surface area contributed by atoms with Gasteiger partial charge in [-0.25, -0.2) is 0 Å². The van der Waals surface area contributed by atoms with E-state index in [2.05, 4.69) is 73.7 Å². The molecule has 1 aromatic carbocycles. The van der Waals surface area contributed by atoms with Crippen molar-refractivity contribution in [3.05, 3.63) is 77.9 Å².